The minimum absolute atomic E-state index is 0.0362. The van der Waals surface area contributed by atoms with Crippen molar-refractivity contribution in [2.75, 3.05) is 26.8 Å². The van der Waals surface area contributed by atoms with Crippen LogP contribution in [-0.4, -0.2) is 37.3 Å². The van der Waals surface area contributed by atoms with Gasteiger partial charge in [-0.3, -0.25) is 9.59 Å². The van der Waals surface area contributed by atoms with Gasteiger partial charge in [0.15, 0.2) is 0 Å². The van der Waals surface area contributed by atoms with Crippen molar-refractivity contribution >= 4 is 5.91 Å². The van der Waals surface area contributed by atoms with E-state index in [9.17, 15) is 9.59 Å². The van der Waals surface area contributed by atoms with E-state index in [2.05, 4.69) is 35.8 Å². The number of ether oxygens (including phenoxy) is 1. The van der Waals surface area contributed by atoms with Gasteiger partial charge in [-0.25, -0.2) is 0 Å². The Bertz CT molecular complexity index is 922. The van der Waals surface area contributed by atoms with Gasteiger partial charge in [0.25, 0.3) is 5.56 Å². The molecular weight excluding hydrogens is 378 g/mol. The number of hydrogen-bond donors (Lipinski definition) is 2. The molecule has 2 aromatic rings. The highest BCUT2D eigenvalue weighted by molar-refractivity contribution is 5.80. The zero-order valence-corrected chi connectivity index (χ0v) is 18.2. The van der Waals surface area contributed by atoms with Gasteiger partial charge >= 0.3 is 0 Å². The van der Waals surface area contributed by atoms with Gasteiger partial charge in [0.05, 0.1) is 5.92 Å². The molecule has 162 valence electrons. The molecule has 6 nitrogen and oxygen atoms in total. The monoisotopic (exact) mass is 411 g/mol. The molecule has 1 fully saturated rings. The van der Waals surface area contributed by atoms with E-state index in [4.69, 9.17) is 4.74 Å². The summed E-state index contributed by atoms with van der Waals surface area (Å²) in [6.45, 7) is 4.83. The molecule has 0 bridgehead atoms. The normalized spacial score (nSPS) is 18.9. The SMILES string of the molecule is COCCCc1cc(C)cc(CNC(=O)C2CNCCC2c2ccn(C)c(=O)c2)c1. The number of amides is 1. The van der Waals surface area contributed by atoms with Crippen LogP contribution in [0.4, 0.5) is 0 Å². The molecule has 1 aliphatic heterocycles. The number of methoxy groups -OCH3 is 1. The summed E-state index contributed by atoms with van der Waals surface area (Å²) in [6.07, 6.45) is 4.58. The highest BCUT2D eigenvalue weighted by Gasteiger charge is 2.32. The van der Waals surface area contributed by atoms with Gasteiger partial charge in [0, 0.05) is 46.1 Å². The van der Waals surface area contributed by atoms with Gasteiger partial charge < -0.3 is 19.9 Å². The predicted molar refractivity (Wildman–Crippen MR) is 119 cm³/mol. The Balaban J connectivity index is 1.67. The van der Waals surface area contributed by atoms with Crippen molar-refractivity contribution < 1.29 is 9.53 Å². The lowest BCUT2D eigenvalue weighted by Crippen LogP contribution is -2.44. The lowest BCUT2D eigenvalue weighted by molar-refractivity contribution is -0.126. The van der Waals surface area contributed by atoms with Crippen molar-refractivity contribution in [3.05, 3.63) is 69.1 Å². The van der Waals surface area contributed by atoms with Gasteiger partial charge in [-0.05, 0) is 61.4 Å². The second-order valence-corrected chi connectivity index (χ2v) is 8.26. The van der Waals surface area contributed by atoms with Crippen LogP contribution in [0.3, 0.4) is 0 Å². The van der Waals surface area contributed by atoms with E-state index in [0.717, 1.165) is 43.5 Å². The first kappa shape index (κ1) is 22.2. The average molecular weight is 412 g/mol. The van der Waals surface area contributed by atoms with E-state index in [0.29, 0.717) is 13.1 Å². The van der Waals surface area contributed by atoms with Crippen LogP contribution in [-0.2, 0) is 29.5 Å². The Morgan fingerprint density at radius 2 is 2.07 bits per heavy atom. The molecule has 0 radical (unpaired) electrons. The fourth-order valence-corrected chi connectivity index (χ4v) is 4.26. The molecule has 2 heterocycles. The number of nitrogens with zero attached hydrogens (tertiary/aromatic N) is 1. The molecule has 1 aromatic carbocycles. The van der Waals surface area contributed by atoms with Crippen molar-refractivity contribution in [2.45, 2.75) is 38.6 Å². The maximum atomic E-state index is 13.0. The second kappa shape index (κ2) is 10.5. The molecule has 2 unspecified atom stereocenters. The summed E-state index contributed by atoms with van der Waals surface area (Å²) in [5.41, 5.74) is 4.51. The smallest absolute Gasteiger partial charge is 0.250 e. The molecule has 3 rings (SSSR count). The third-order valence-corrected chi connectivity index (χ3v) is 5.85. The number of aromatic nitrogens is 1. The molecule has 1 aliphatic rings. The fraction of sp³-hybridized carbons (Fsp3) is 0.500. The first-order chi connectivity index (χ1) is 14.5. The number of pyridine rings is 1. The summed E-state index contributed by atoms with van der Waals surface area (Å²) in [6, 6.07) is 10.1. The zero-order valence-electron chi connectivity index (χ0n) is 18.2. The number of carbonyl (C=O) groups excluding carboxylic acids is 1. The molecular formula is C24H33N3O3. The summed E-state index contributed by atoms with van der Waals surface area (Å²) in [5, 5.41) is 6.46. The maximum absolute atomic E-state index is 13.0. The predicted octanol–water partition coefficient (Wildman–Crippen LogP) is 2.28. The number of rotatable bonds is 8. The number of hydrogen-bond acceptors (Lipinski definition) is 4. The number of benzene rings is 1. The van der Waals surface area contributed by atoms with Crippen LogP contribution < -0.4 is 16.2 Å². The second-order valence-electron chi connectivity index (χ2n) is 8.26. The minimum atomic E-state index is -0.183. The molecule has 2 N–H and O–H groups in total. The number of piperidine rings is 1. The molecule has 30 heavy (non-hydrogen) atoms. The fourth-order valence-electron chi connectivity index (χ4n) is 4.26. The highest BCUT2D eigenvalue weighted by Crippen LogP contribution is 2.29. The third-order valence-electron chi connectivity index (χ3n) is 5.85. The van der Waals surface area contributed by atoms with Crippen LogP contribution in [0.25, 0.3) is 0 Å². The van der Waals surface area contributed by atoms with E-state index >= 15 is 0 Å². The first-order valence-corrected chi connectivity index (χ1v) is 10.7. The Hall–Kier alpha value is -2.44. The summed E-state index contributed by atoms with van der Waals surface area (Å²) in [5.74, 6) is -0.0885. The number of aryl methyl sites for hydroxylation is 3. The minimum Gasteiger partial charge on any atom is -0.385 e. The first-order valence-electron chi connectivity index (χ1n) is 10.7. The molecule has 6 heteroatoms. The zero-order chi connectivity index (χ0) is 21.5. The van der Waals surface area contributed by atoms with Crippen LogP contribution in [0.5, 0.6) is 0 Å². The van der Waals surface area contributed by atoms with Crippen LogP contribution >= 0.6 is 0 Å². The van der Waals surface area contributed by atoms with Crippen molar-refractivity contribution in [1.29, 1.82) is 0 Å². The van der Waals surface area contributed by atoms with E-state index in [-0.39, 0.29) is 23.3 Å². The average Bonchev–Trinajstić information content (AvgIpc) is 2.74. The van der Waals surface area contributed by atoms with Crippen LogP contribution in [0.2, 0.25) is 0 Å². The van der Waals surface area contributed by atoms with Gasteiger partial charge in [0.1, 0.15) is 0 Å². The summed E-state index contributed by atoms with van der Waals surface area (Å²) in [7, 11) is 3.46. The van der Waals surface area contributed by atoms with E-state index in [1.54, 1.807) is 31.0 Å². The Morgan fingerprint density at radius 3 is 2.83 bits per heavy atom. The van der Waals surface area contributed by atoms with Gasteiger partial charge in [-0.15, -0.1) is 0 Å². The summed E-state index contributed by atoms with van der Waals surface area (Å²) >= 11 is 0. The highest BCUT2D eigenvalue weighted by atomic mass is 16.5. The van der Waals surface area contributed by atoms with Gasteiger partial charge in [-0.2, -0.15) is 0 Å². The van der Waals surface area contributed by atoms with Crippen molar-refractivity contribution in [3.63, 3.8) is 0 Å². The maximum Gasteiger partial charge on any atom is 0.250 e. The number of carbonyl (C=O) groups is 1. The Morgan fingerprint density at radius 1 is 1.27 bits per heavy atom. The molecule has 2 atom stereocenters. The molecule has 0 spiro atoms. The van der Waals surface area contributed by atoms with Gasteiger partial charge in [-0.1, -0.05) is 23.8 Å². The topological polar surface area (TPSA) is 72.4 Å². The van der Waals surface area contributed by atoms with Crippen LogP contribution in [0.1, 0.15) is 41.0 Å². The van der Waals surface area contributed by atoms with Crippen molar-refractivity contribution in [3.8, 4) is 0 Å². The van der Waals surface area contributed by atoms with Crippen molar-refractivity contribution in [2.24, 2.45) is 13.0 Å². The summed E-state index contributed by atoms with van der Waals surface area (Å²) in [4.78, 5) is 25.1. The van der Waals surface area contributed by atoms with Crippen LogP contribution in [0, 0.1) is 12.8 Å². The van der Waals surface area contributed by atoms with Crippen LogP contribution in [0.15, 0.2) is 41.3 Å². The third kappa shape index (κ3) is 5.80. The largest absolute Gasteiger partial charge is 0.385 e. The lowest BCUT2D eigenvalue weighted by atomic mass is 9.81. The van der Waals surface area contributed by atoms with Gasteiger partial charge in [0.2, 0.25) is 5.91 Å². The number of nitrogens with one attached hydrogen (secondary N) is 2. The Labute approximate surface area is 178 Å². The molecule has 0 saturated carbocycles. The molecule has 1 amide bonds. The van der Waals surface area contributed by atoms with E-state index in [1.807, 2.05) is 6.07 Å². The lowest BCUT2D eigenvalue weighted by Gasteiger charge is -2.31. The Kier molecular flexibility index (Phi) is 7.82. The quantitative estimate of drug-likeness (QED) is 0.654. The molecule has 1 saturated heterocycles. The van der Waals surface area contributed by atoms with E-state index in [1.165, 1.54) is 11.1 Å². The van der Waals surface area contributed by atoms with E-state index < -0.39 is 0 Å². The molecule has 1 aromatic heterocycles. The molecule has 0 aliphatic carbocycles. The standard InChI is InChI=1S/C24H33N3O3/c1-17-11-18(5-4-10-30-3)13-19(12-17)15-26-24(29)22-16-25-8-6-21(22)20-7-9-27(2)23(28)14-20/h7,9,11-14,21-22,25H,4-6,8,10,15-16H2,1-3H3,(H,26,29). The summed E-state index contributed by atoms with van der Waals surface area (Å²) < 4.78 is 6.70. The van der Waals surface area contributed by atoms with Crippen molar-refractivity contribution in [1.82, 2.24) is 15.2 Å².